The summed E-state index contributed by atoms with van der Waals surface area (Å²) in [7, 11) is 0. The van der Waals surface area contributed by atoms with Crippen molar-refractivity contribution in [3.8, 4) is 0 Å². The Morgan fingerprint density at radius 2 is 1.86 bits per heavy atom. The minimum absolute atomic E-state index is 0.453. The van der Waals surface area contributed by atoms with Gasteiger partial charge in [-0.05, 0) is 78.6 Å². The van der Waals surface area contributed by atoms with Gasteiger partial charge in [-0.25, -0.2) is 0 Å². The van der Waals surface area contributed by atoms with Gasteiger partial charge < -0.3 is 14.9 Å². The number of carboxylic acid groups (broad SMARTS) is 1. The second-order valence-corrected chi connectivity index (χ2v) is 7.19. The van der Waals surface area contributed by atoms with Gasteiger partial charge in [-0.15, -0.1) is 0 Å². The minimum Gasteiger partial charge on any atom is -0.481 e. The molecule has 4 nitrogen and oxygen atoms in total. The first-order valence-corrected chi connectivity index (χ1v) is 8.70. The summed E-state index contributed by atoms with van der Waals surface area (Å²) in [6, 6.07) is 1.31. The number of carbonyl (C=O) groups is 1. The van der Waals surface area contributed by atoms with Crippen LogP contribution in [0.15, 0.2) is 0 Å². The van der Waals surface area contributed by atoms with Crippen molar-refractivity contribution in [2.75, 3.05) is 26.2 Å². The third-order valence-electron chi connectivity index (χ3n) is 5.86. The highest BCUT2D eigenvalue weighted by atomic mass is 16.4. The number of hydrogen-bond donors (Lipinski definition) is 1. The Kier molecular flexibility index (Phi) is 5.67. The fraction of sp³-hybridized carbons (Fsp3) is 0.941. The summed E-state index contributed by atoms with van der Waals surface area (Å²) in [6.07, 6.45) is 6.20. The lowest BCUT2D eigenvalue weighted by atomic mass is 9.76. The van der Waals surface area contributed by atoms with Crippen molar-refractivity contribution in [2.24, 2.45) is 5.41 Å². The van der Waals surface area contributed by atoms with E-state index in [1.165, 1.54) is 32.4 Å². The van der Waals surface area contributed by atoms with Crippen LogP contribution in [0.4, 0.5) is 0 Å². The van der Waals surface area contributed by atoms with Crippen molar-refractivity contribution in [3.05, 3.63) is 0 Å². The summed E-state index contributed by atoms with van der Waals surface area (Å²) in [6.45, 7) is 10.9. The summed E-state index contributed by atoms with van der Waals surface area (Å²) >= 11 is 0. The van der Waals surface area contributed by atoms with E-state index in [9.17, 15) is 9.90 Å². The van der Waals surface area contributed by atoms with E-state index in [0.717, 1.165) is 32.4 Å². The van der Waals surface area contributed by atoms with E-state index < -0.39 is 11.4 Å². The third kappa shape index (κ3) is 3.78. The standard InChI is InChI=1S/C17H32N2O2/c1-4-17(16(20)21)8-12-19(13-9-17)15-6-5-10-18(11-7-15)14(2)3/h14-15H,4-13H2,1-3H3,(H,20,21). The zero-order valence-corrected chi connectivity index (χ0v) is 14.0. The van der Waals surface area contributed by atoms with Gasteiger partial charge in [0.05, 0.1) is 5.41 Å². The van der Waals surface area contributed by atoms with E-state index in [0.29, 0.717) is 12.1 Å². The van der Waals surface area contributed by atoms with Crippen molar-refractivity contribution in [1.29, 1.82) is 0 Å². The molecular weight excluding hydrogens is 264 g/mol. The molecule has 0 saturated carbocycles. The van der Waals surface area contributed by atoms with Crippen molar-refractivity contribution in [1.82, 2.24) is 9.80 Å². The Balaban J connectivity index is 1.89. The molecule has 0 aliphatic carbocycles. The maximum absolute atomic E-state index is 11.5. The van der Waals surface area contributed by atoms with E-state index in [1.54, 1.807) is 0 Å². The zero-order valence-electron chi connectivity index (χ0n) is 14.0. The maximum atomic E-state index is 11.5. The molecule has 0 bridgehead atoms. The van der Waals surface area contributed by atoms with Crippen molar-refractivity contribution in [2.45, 2.75) is 71.4 Å². The Morgan fingerprint density at radius 3 is 2.38 bits per heavy atom. The van der Waals surface area contributed by atoms with Crippen LogP contribution in [-0.2, 0) is 4.79 Å². The van der Waals surface area contributed by atoms with Crippen LogP contribution in [0.5, 0.6) is 0 Å². The van der Waals surface area contributed by atoms with E-state index in [4.69, 9.17) is 0 Å². The molecule has 2 heterocycles. The van der Waals surface area contributed by atoms with E-state index in [2.05, 4.69) is 23.6 Å². The van der Waals surface area contributed by atoms with Crippen LogP contribution in [0.2, 0.25) is 0 Å². The number of aliphatic carboxylic acids is 1. The van der Waals surface area contributed by atoms with Gasteiger partial charge in [-0.2, -0.15) is 0 Å². The lowest BCUT2D eigenvalue weighted by molar-refractivity contribution is -0.152. The predicted octanol–water partition coefficient (Wildman–Crippen LogP) is 2.83. The number of carboxylic acids is 1. The highest BCUT2D eigenvalue weighted by Gasteiger charge is 2.41. The maximum Gasteiger partial charge on any atom is 0.309 e. The molecule has 2 aliphatic heterocycles. The molecule has 2 fully saturated rings. The van der Waals surface area contributed by atoms with Gasteiger partial charge >= 0.3 is 5.97 Å². The van der Waals surface area contributed by atoms with Gasteiger partial charge in [0.15, 0.2) is 0 Å². The van der Waals surface area contributed by atoms with Crippen molar-refractivity contribution in [3.63, 3.8) is 0 Å². The SMILES string of the molecule is CCC1(C(=O)O)CCN(C2CCCN(C(C)C)CC2)CC1. The van der Waals surface area contributed by atoms with Gasteiger partial charge in [-0.3, -0.25) is 4.79 Å². The van der Waals surface area contributed by atoms with Gasteiger partial charge in [0.2, 0.25) is 0 Å². The molecule has 2 aliphatic rings. The molecule has 0 aromatic heterocycles. The number of likely N-dealkylation sites (tertiary alicyclic amines) is 2. The van der Waals surface area contributed by atoms with Gasteiger partial charge in [0.25, 0.3) is 0 Å². The normalized spacial score (nSPS) is 28.5. The average molecular weight is 296 g/mol. The molecule has 0 aromatic rings. The molecule has 0 spiro atoms. The Hall–Kier alpha value is -0.610. The zero-order chi connectivity index (χ0) is 15.5. The van der Waals surface area contributed by atoms with Crippen LogP contribution in [0, 0.1) is 5.41 Å². The van der Waals surface area contributed by atoms with Crippen LogP contribution in [0.3, 0.4) is 0 Å². The summed E-state index contributed by atoms with van der Waals surface area (Å²) in [5, 5.41) is 9.50. The van der Waals surface area contributed by atoms with E-state index >= 15 is 0 Å². The van der Waals surface area contributed by atoms with Gasteiger partial charge in [0.1, 0.15) is 0 Å². The van der Waals surface area contributed by atoms with Crippen molar-refractivity contribution < 1.29 is 9.90 Å². The molecule has 0 aromatic carbocycles. The first-order chi connectivity index (χ1) is 9.98. The fourth-order valence-electron chi connectivity index (χ4n) is 4.02. The topological polar surface area (TPSA) is 43.8 Å². The largest absolute Gasteiger partial charge is 0.481 e. The molecule has 122 valence electrons. The Bertz CT molecular complexity index is 349. The molecule has 1 unspecified atom stereocenters. The highest BCUT2D eigenvalue weighted by molar-refractivity contribution is 5.74. The third-order valence-corrected chi connectivity index (χ3v) is 5.86. The molecule has 4 heteroatoms. The number of piperidine rings is 1. The molecule has 1 N–H and O–H groups in total. The molecule has 2 saturated heterocycles. The van der Waals surface area contributed by atoms with Crippen LogP contribution in [0.25, 0.3) is 0 Å². The van der Waals surface area contributed by atoms with E-state index in [-0.39, 0.29) is 0 Å². The van der Waals surface area contributed by atoms with Crippen LogP contribution in [0.1, 0.15) is 59.3 Å². The summed E-state index contributed by atoms with van der Waals surface area (Å²) in [5.74, 6) is -0.587. The summed E-state index contributed by atoms with van der Waals surface area (Å²) in [5.41, 5.74) is -0.453. The summed E-state index contributed by atoms with van der Waals surface area (Å²) in [4.78, 5) is 16.7. The van der Waals surface area contributed by atoms with E-state index in [1.807, 2.05) is 6.92 Å². The van der Waals surface area contributed by atoms with Crippen LogP contribution in [-0.4, -0.2) is 59.1 Å². The monoisotopic (exact) mass is 296 g/mol. The second-order valence-electron chi connectivity index (χ2n) is 7.19. The Morgan fingerprint density at radius 1 is 1.19 bits per heavy atom. The minimum atomic E-state index is -0.587. The number of hydrogen-bond acceptors (Lipinski definition) is 3. The first kappa shape index (κ1) is 16.8. The van der Waals surface area contributed by atoms with Gasteiger partial charge in [0, 0.05) is 12.1 Å². The fourth-order valence-corrected chi connectivity index (χ4v) is 4.02. The first-order valence-electron chi connectivity index (χ1n) is 8.70. The lowest BCUT2D eigenvalue weighted by Crippen LogP contribution is -2.48. The Labute approximate surface area is 129 Å². The molecule has 0 radical (unpaired) electrons. The van der Waals surface area contributed by atoms with Crippen molar-refractivity contribution >= 4 is 5.97 Å². The number of nitrogens with zero attached hydrogens (tertiary/aromatic N) is 2. The molecule has 21 heavy (non-hydrogen) atoms. The highest BCUT2D eigenvalue weighted by Crippen LogP contribution is 2.36. The number of rotatable bonds is 4. The molecule has 2 rings (SSSR count). The summed E-state index contributed by atoms with van der Waals surface area (Å²) < 4.78 is 0. The van der Waals surface area contributed by atoms with Crippen LogP contribution >= 0.6 is 0 Å². The lowest BCUT2D eigenvalue weighted by Gasteiger charge is -2.41. The smallest absolute Gasteiger partial charge is 0.309 e. The molecular formula is C17H32N2O2. The average Bonchev–Trinajstić information content (AvgIpc) is 2.73. The van der Waals surface area contributed by atoms with Gasteiger partial charge in [-0.1, -0.05) is 6.92 Å². The second kappa shape index (κ2) is 7.10. The predicted molar refractivity (Wildman–Crippen MR) is 85.5 cm³/mol. The van der Waals surface area contributed by atoms with Crippen LogP contribution < -0.4 is 0 Å². The molecule has 1 atom stereocenters. The molecule has 0 amide bonds. The quantitative estimate of drug-likeness (QED) is 0.866.